The topological polar surface area (TPSA) is 105 Å². The van der Waals surface area contributed by atoms with Crippen molar-refractivity contribution < 1.29 is 14.5 Å². The van der Waals surface area contributed by atoms with Gasteiger partial charge in [0.25, 0.3) is 17.5 Å². The average molecular weight is 428 g/mol. The molecule has 1 aliphatic heterocycles. The Labute approximate surface area is 167 Å². The number of nitrogens with zero attached hydrogens (tertiary/aromatic N) is 3. The van der Waals surface area contributed by atoms with E-state index in [0.29, 0.717) is 5.02 Å². The van der Waals surface area contributed by atoms with Crippen LogP contribution in [0.1, 0.15) is 10.4 Å². The molecule has 0 aromatic heterocycles. The van der Waals surface area contributed by atoms with Crippen LogP contribution in [0, 0.1) is 10.1 Å². The Hall–Kier alpha value is -2.68. The van der Waals surface area contributed by atoms with Crippen LogP contribution in [-0.4, -0.2) is 29.0 Å². The number of anilines is 1. The summed E-state index contributed by atoms with van der Waals surface area (Å²) >= 11 is 18.0. The number of nitro groups is 1. The van der Waals surface area contributed by atoms with Crippen LogP contribution in [0.15, 0.2) is 41.5 Å². The van der Waals surface area contributed by atoms with Crippen LogP contribution in [0.25, 0.3) is 0 Å². The molecular weight excluding hydrogens is 419 g/mol. The molecule has 27 heavy (non-hydrogen) atoms. The summed E-state index contributed by atoms with van der Waals surface area (Å²) in [5.74, 6) is -1.27. The molecule has 0 fully saturated rings. The smallest absolute Gasteiger partial charge is 0.275 e. The molecule has 1 heterocycles. The van der Waals surface area contributed by atoms with Gasteiger partial charge in [-0.25, -0.2) is 0 Å². The normalized spacial score (nSPS) is 15.9. The van der Waals surface area contributed by atoms with Gasteiger partial charge in [0.2, 0.25) is 0 Å². The van der Waals surface area contributed by atoms with E-state index in [9.17, 15) is 19.7 Å². The van der Waals surface area contributed by atoms with E-state index in [-0.39, 0.29) is 27.0 Å². The molecule has 2 aromatic rings. The van der Waals surface area contributed by atoms with Crippen molar-refractivity contribution in [1.82, 2.24) is 5.32 Å². The molecule has 1 aliphatic rings. The lowest BCUT2D eigenvalue weighted by Gasteiger charge is -2.17. The van der Waals surface area contributed by atoms with Gasteiger partial charge in [-0.05, 0) is 18.2 Å². The molecule has 8 nitrogen and oxygen atoms in total. The Balaban J connectivity index is 1.79. The number of hydrogen-bond acceptors (Lipinski definition) is 5. The second-order valence-corrected chi connectivity index (χ2v) is 6.64. The summed E-state index contributed by atoms with van der Waals surface area (Å²) in [6.07, 6.45) is 1.21. The highest BCUT2D eigenvalue weighted by molar-refractivity contribution is 6.42. The minimum atomic E-state index is -1.08. The van der Waals surface area contributed by atoms with Crippen molar-refractivity contribution in [2.45, 2.75) is 6.04 Å². The van der Waals surface area contributed by atoms with E-state index < -0.39 is 22.8 Å². The molecule has 138 valence electrons. The summed E-state index contributed by atoms with van der Waals surface area (Å²) < 4.78 is 0. The molecule has 11 heteroatoms. The summed E-state index contributed by atoms with van der Waals surface area (Å²) in [4.78, 5) is 35.1. The van der Waals surface area contributed by atoms with E-state index in [1.165, 1.54) is 36.5 Å². The number of carbonyl (C=O) groups is 2. The number of hydrogen-bond donors (Lipinski definition) is 1. The highest BCUT2D eigenvalue weighted by Gasteiger charge is 2.33. The maximum Gasteiger partial charge on any atom is 0.275 e. The number of non-ortho nitro benzene ring substituents is 1. The van der Waals surface area contributed by atoms with Gasteiger partial charge in [-0.3, -0.25) is 19.7 Å². The van der Waals surface area contributed by atoms with Crippen LogP contribution < -0.4 is 10.3 Å². The van der Waals surface area contributed by atoms with Gasteiger partial charge in [-0.2, -0.15) is 10.1 Å². The fourth-order valence-corrected chi connectivity index (χ4v) is 3.35. The van der Waals surface area contributed by atoms with Gasteiger partial charge in [-0.15, -0.1) is 0 Å². The van der Waals surface area contributed by atoms with Crippen molar-refractivity contribution in [2.75, 3.05) is 5.01 Å². The van der Waals surface area contributed by atoms with Crippen LogP contribution in [0.5, 0.6) is 0 Å². The minimum Gasteiger partial charge on any atom is -0.336 e. The molecule has 1 atom stereocenters. The molecule has 3 rings (SSSR count). The van der Waals surface area contributed by atoms with E-state index >= 15 is 0 Å². The van der Waals surface area contributed by atoms with Crippen LogP contribution in [-0.2, 0) is 4.79 Å². The highest BCUT2D eigenvalue weighted by atomic mass is 35.5. The predicted octanol–water partition coefficient (Wildman–Crippen LogP) is 3.69. The maximum absolute atomic E-state index is 12.6. The zero-order valence-electron chi connectivity index (χ0n) is 13.2. The average Bonchev–Trinajstić information content (AvgIpc) is 2.95. The van der Waals surface area contributed by atoms with Gasteiger partial charge in [-0.1, -0.05) is 40.9 Å². The Bertz CT molecular complexity index is 972. The zero-order chi connectivity index (χ0) is 19.7. The fraction of sp³-hybridized carbons (Fsp3) is 0.0625. The molecule has 0 radical (unpaired) electrons. The molecular formula is C16H9Cl3N4O4. The summed E-state index contributed by atoms with van der Waals surface area (Å²) in [6.45, 7) is 0. The lowest BCUT2D eigenvalue weighted by molar-refractivity contribution is -0.384. The Morgan fingerprint density at radius 3 is 2.48 bits per heavy atom. The standard InChI is InChI=1S/C16H9Cl3N4O4/c17-9-5-11(18)14(12(19)6-9)22-16(25)13(7-20-22)21-15(24)8-2-1-3-10(4-8)23(26)27/h1-7,13H,(H,21,24). The molecule has 1 N–H and O–H groups in total. The first kappa shape index (κ1) is 19.1. The van der Waals surface area contributed by atoms with Crippen molar-refractivity contribution in [3.63, 3.8) is 0 Å². The van der Waals surface area contributed by atoms with E-state index in [0.717, 1.165) is 11.1 Å². The zero-order valence-corrected chi connectivity index (χ0v) is 15.5. The van der Waals surface area contributed by atoms with Gasteiger partial charge in [0, 0.05) is 22.7 Å². The second-order valence-electron chi connectivity index (χ2n) is 5.39. The summed E-state index contributed by atoms with van der Waals surface area (Å²) in [5, 5.41) is 18.7. The highest BCUT2D eigenvalue weighted by Crippen LogP contribution is 2.37. The molecule has 0 aliphatic carbocycles. The predicted molar refractivity (Wildman–Crippen MR) is 102 cm³/mol. The molecule has 0 saturated carbocycles. The van der Waals surface area contributed by atoms with Crippen molar-refractivity contribution in [1.29, 1.82) is 0 Å². The lowest BCUT2D eigenvalue weighted by atomic mass is 10.1. The van der Waals surface area contributed by atoms with Crippen molar-refractivity contribution in [2.24, 2.45) is 5.10 Å². The summed E-state index contributed by atoms with van der Waals surface area (Å²) in [7, 11) is 0. The second kappa shape index (κ2) is 7.51. The van der Waals surface area contributed by atoms with Gasteiger partial charge in [0.05, 0.1) is 21.2 Å². The number of halogens is 3. The van der Waals surface area contributed by atoms with Crippen molar-refractivity contribution >= 4 is 64.2 Å². The summed E-state index contributed by atoms with van der Waals surface area (Å²) in [5.41, 5.74) is -0.0714. The van der Waals surface area contributed by atoms with E-state index in [1.807, 2.05) is 0 Å². The quantitative estimate of drug-likeness (QED) is 0.593. The summed E-state index contributed by atoms with van der Waals surface area (Å²) in [6, 6.07) is 6.85. The van der Waals surface area contributed by atoms with Gasteiger partial charge in [0.1, 0.15) is 11.7 Å². The minimum absolute atomic E-state index is 0.0337. The number of amides is 2. The number of nitrogens with one attached hydrogen (secondary N) is 1. The Kier molecular flexibility index (Phi) is 5.31. The Morgan fingerprint density at radius 1 is 1.19 bits per heavy atom. The molecule has 0 spiro atoms. The van der Waals surface area contributed by atoms with E-state index in [4.69, 9.17) is 34.8 Å². The number of rotatable bonds is 4. The number of hydrazone groups is 1. The van der Waals surface area contributed by atoms with Crippen LogP contribution in [0.4, 0.5) is 11.4 Å². The van der Waals surface area contributed by atoms with Crippen LogP contribution in [0.3, 0.4) is 0 Å². The van der Waals surface area contributed by atoms with Crippen LogP contribution in [0.2, 0.25) is 15.1 Å². The molecule has 0 bridgehead atoms. The number of nitro benzene ring substituents is 1. The number of carbonyl (C=O) groups excluding carboxylic acids is 2. The van der Waals surface area contributed by atoms with Gasteiger partial charge < -0.3 is 5.32 Å². The van der Waals surface area contributed by atoms with Crippen molar-refractivity contribution in [3.8, 4) is 0 Å². The molecule has 2 amide bonds. The van der Waals surface area contributed by atoms with Gasteiger partial charge >= 0.3 is 0 Å². The molecule has 1 unspecified atom stereocenters. The third-order valence-corrected chi connectivity index (χ3v) is 4.40. The molecule has 2 aromatic carbocycles. The number of benzene rings is 2. The first-order valence-electron chi connectivity index (χ1n) is 7.36. The third kappa shape index (κ3) is 3.87. The first-order valence-corrected chi connectivity index (χ1v) is 8.49. The van der Waals surface area contributed by atoms with Gasteiger partial charge in [0.15, 0.2) is 0 Å². The fourth-order valence-electron chi connectivity index (χ4n) is 2.37. The van der Waals surface area contributed by atoms with Crippen molar-refractivity contribution in [3.05, 3.63) is 67.1 Å². The molecule has 0 saturated heterocycles. The SMILES string of the molecule is O=C(NC1C=NN(c2c(Cl)cc(Cl)cc2Cl)C1=O)c1cccc([N+](=O)[O-])c1. The lowest BCUT2D eigenvalue weighted by Crippen LogP contribution is -2.43. The monoisotopic (exact) mass is 426 g/mol. The van der Waals surface area contributed by atoms with Crippen LogP contribution >= 0.6 is 34.8 Å². The Morgan fingerprint density at radius 2 is 1.85 bits per heavy atom. The first-order chi connectivity index (χ1) is 12.8. The van der Waals surface area contributed by atoms with E-state index in [2.05, 4.69) is 10.4 Å². The van der Waals surface area contributed by atoms with E-state index in [1.54, 1.807) is 0 Å². The largest absolute Gasteiger partial charge is 0.336 e. The third-order valence-electron chi connectivity index (χ3n) is 3.61. The maximum atomic E-state index is 12.6.